The van der Waals surface area contributed by atoms with Gasteiger partial charge in [0, 0.05) is 19.7 Å². The molecule has 0 saturated heterocycles. The SMILES string of the molecule is CCN(C)/C=N/c1cc(OC)c(OCCCC(C)C)nc1Br. The fraction of sp³-hybridized carbons (Fsp3) is 0.625. The maximum atomic E-state index is 5.73. The monoisotopic (exact) mass is 371 g/mol. The molecule has 0 amide bonds. The van der Waals surface area contributed by atoms with Gasteiger partial charge in [-0.05, 0) is 41.6 Å². The first-order chi connectivity index (χ1) is 10.5. The molecule has 0 saturated carbocycles. The molecule has 0 radical (unpaired) electrons. The summed E-state index contributed by atoms with van der Waals surface area (Å²) in [5.74, 6) is 1.78. The number of ether oxygens (including phenoxy) is 2. The molecular formula is C16H26BrN3O2. The van der Waals surface area contributed by atoms with Crippen LogP contribution in [0.2, 0.25) is 0 Å². The van der Waals surface area contributed by atoms with Crippen molar-refractivity contribution in [3.05, 3.63) is 10.7 Å². The van der Waals surface area contributed by atoms with E-state index in [4.69, 9.17) is 9.47 Å². The van der Waals surface area contributed by atoms with Crippen molar-refractivity contribution in [1.82, 2.24) is 9.88 Å². The molecule has 0 atom stereocenters. The summed E-state index contributed by atoms with van der Waals surface area (Å²) in [6.45, 7) is 8.00. The summed E-state index contributed by atoms with van der Waals surface area (Å²) in [5, 5.41) is 0. The number of aromatic nitrogens is 1. The molecular weight excluding hydrogens is 346 g/mol. The molecule has 6 heteroatoms. The van der Waals surface area contributed by atoms with E-state index in [1.807, 2.05) is 18.0 Å². The van der Waals surface area contributed by atoms with Crippen LogP contribution in [0.3, 0.4) is 0 Å². The van der Waals surface area contributed by atoms with E-state index in [1.54, 1.807) is 13.4 Å². The predicted molar refractivity (Wildman–Crippen MR) is 94.5 cm³/mol. The Labute approximate surface area is 141 Å². The Morgan fingerprint density at radius 1 is 1.45 bits per heavy atom. The third-order valence-corrected chi connectivity index (χ3v) is 3.75. The Hall–Kier alpha value is -1.30. The number of rotatable bonds is 9. The van der Waals surface area contributed by atoms with Crippen LogP contribution in [0.1, 0.15) is 33.6 Å². The van der Waals surface area contributed by atoms with Gasteiger partial charge >= 0.3 is 0 Å². The molecule has 1 aromatic heterocycles. The van der Waals surface area contributed by atoms with Crippen LogP contribution >= 0.6 is 15.9 Å². The third-order valence-electron chi connectivity index (χ3n) is 3.17. The molecule has 1 heterocycles. The van der Waals surface area contributed by atoms with Crippen LogP contribution in [0.5, 0.6) is 11.6 Å². The molecule has 124 valence electrons. The first-order valence-electron chi connectivity index (χ1n) is 7.59. The average molecular weight is 372 g/mol. The van der Waals surface area contributed by atoms with E-state index in [0.717, 1.165) is 19.4 Å². The predicted octanol–water partition coefficient (Wildman–Crippen LogP) is 4.28. The molecule has 0 unspecified atom stereocenters. The Kier molecular flexibility index (Phi) is 8.24. The lowest BCUT2D eigenvalue weighted by Gasteiger charge is -2.12. The highest BCUT2D eigenvalue weighted by atomic mass is 79.9. The number of pyridine rings is 1. The van der Waals surface area contributed by atoms with E-state index in [0.29, 0.717) is 34.4 Å². The van der Waals surface area contributed by atoms with Crippen molar-refractivity contribution in [3.8, 4) is 11.6 Å². The fourth-order valence-corrected chi connectivity index (χ4v) is 2.07. The molecule has 5 nitrogen and oxygen atoms in total. The van der Waals surface area contributed by atoms with Crippen LogP contribution < -0.4 is 9.47 Å². The first-order valence-corrected chi connectivity index (χ1v) is 8.39. The van der Waals surface area contributed by atoms with Gasteiger partial charge in [-0.3, -0.25) is 0 Å². The molecule has 0 aliphatic rings. The van der Waals surface area contributed by atoms with Gasteiger partial charge in [0.05, 0.1) is 20.1 Å². The highest BCUT2D eigenvalue weighted by Gasteiger charge is 2.12. The second-order valence-corrected chi connectivity index (χ2v) is 6.26. The maximum Gasteiger partial charge on any atom is 0.258 e. The van der Waals surface area contributed by atoms with Crippen molar-refractivity contribution in [2.24, 2.45) is 10.9 Å². The van der Waals surface area contributed by atoms with E-state index in [2.05, 4.69) is 46.7 Å². The number of hydrogen-bond acceptors (Lipinski definition) is 4. The summed E-state index contributed by atoms with van der Waals surface area (Å²) in [6, 6.07) is 1.83. The van der Waals surface area contributed by atoms with Gasteiger partial charge in [-0.2, -0.15) is 0 Å². The zero-order valence-corrected chi connectivity index (χ0v) is 15.7. The summed E-state index contributed by atoms with van der Waals surface area (Å²) in [7, 11) is 3.58. The van der Waals surface area contributed by atoms with Crippen molar-refractivity contribution >= 4 is 28.0 Å². The highest BCUT2D eigenvalue weighted by Crippen LogP contribution is 2.34. The number of hydrogen-bond donors (Lipinski definition) is 0. The van der Waals surface area contributed by atoms with Gasteiger partial charge in [0.25, 0.3) is 5.88 Å². The second-order valence-electron chi connectivity index (χ2n) is 5.51. The molecule has 22 heavy (non-hydrogen) atoms. The van der Waals surface area contributed by atoms with Crippen molar-refractivity contribution < 1.29 is 9.47 Å². The van der Waals surface area contributed by atoms with Gasteiger partial charge in [0.2, 0.25) is 0 Å². The summed E-state index contributed by atoms with van der Waals surface area (Å²) in [5.41, 5.74) is 0.715. The molecule has 0 aliphatic heterocycles. The Bertz CT molecular complexity index is 493. The van der Waals surface area contributed by atoms with Gasteiger partial charge in [-0.15, -0.1) is 0 Å². The van der Waals surface area contributed by atoms with Gasteiger partial charge in [-0.1, -0.05) is 13.8 Å². The van der Waals surface area contributed by atoms with Gasteiger partial charge < -0.3 is 14.4 Å². The van der Waals surface area contributed by atoms with Crippen LogP contribution in [0.15, 0.2) is 15.7 Å². The largest absolute Gasteiger partial charge is 0.491 e. The molecule has 0 bridgehead atoms. The van der Waals surface area contributed by atoms with Crippen molar-refractivity contribution in [2.75, 3.05) is 27.3 Å². The average Bonchev–Trinajstić information content (AvgIpc) is 2.49. The zero-order chi connectivity index (χ0) is 16.5. The summed E-state index contributed by atoms with van der Waals surface area (Å²) in [4.78, 5) is 10.8. The topological polar surface area (TPSA) is 47.0 Å². The molecule has 1 rings (SSSR count). The Morgan fingerprint density at radius 2 is 2.18 bits per heavy atom. The maximum absolute atomic E-state index is 5.73. The minimum Gasteiger partial charge on any atom is -0.491 e. The Balaban J connectivity index is 2.79. The number of methoxy groups -OCH3 is 1. The molecule has 0 aromatic carbocycles. The van der Waals surface area contributed by atoms with Crippen molar-refractivity contribution in [3.63, 3.8) is 0 Å². The van der Waals surface area contributed by atoms with Crippen LogP contribution in [-0.2, 0) is 0 Å². The number of nitrogens with zero attached hydrogens (tertiary/aromatic N) is 3. The highest BCUT2D eigenvalue weighted by molar-refractivity contribution is 9.10. The quantitative estimate of drug-likeness (QED) is 0.281. The lowest BCUT2D eigenvalue weighted by Crippen LogP contribution is -2.14. The normalized spacial score (nSPS) is 11.2. The van der Waals surface area contributed by atoms with Crippen LogP contribution in [0, 0.1) is 5.92 Å². The minimum absolute atomic E-state index is 0.501. The van der Waals surface area contributed by atoms with E-state index in [1.165, 1.54) is 0 Å². The van der Waals surface area contributed by atoms with E-state index in [9.17, 15) is 0 Å². The lowest BCUT2D eigenvalue weighted by atomic mass is 10.1. The standard InChI is InChI=1S/C16H26BrN3O2/c1-6-20(4)11-18-13-10-14(21-5)16(19-15(13)17)22-9-7-8-12(2)3/h10-12H,6-9H2,1-5H3/b18-11+. The van der Waals surface area contributed by atoms with Gasteiger partial charge in [0.15, 0.2) is 5.75 Å². The Morgan fingerprint density at radius 3 is 2.77 bits per heavy atom. The van der Waals surface area contributed by atoms with Gasteiger partial charge in [0.1, 0.15) is 10.3 Å². The molecule has 0 aliphatic carbocycles. The zero-order valence-electron chi connectivity index (χ0n) is 14.1. The third kappa shape index (κ3) is 6.22. The van der Waals surface area contributed by atoms with E-state index >= 15 is 0 Å². The fourth-order valence-electron chi connectivity index (χ4n) is 1.69. The first kappa shape index (κ1) is 18.7. The molecule has 1 aromatic rings. The summed E-state index contributed by atoms with van der Waals surface area (Å²) >= 11 is 3.44. The van der Waals surface area contributed by atoms with Crippen molar-refractivity contribution in [1.29, 1.82) is 0 Å². The summed E-state index contributed by atoms with van der Waals surface area (Å²) in [6.07, 6.45) is 3.90. The molecule has 0 fully saturated rings. The molecule has 0 spiro atoms. The van der Waals surface area contributed by atoms with Crippen LogP contribution in [0.4, 0.5) is 5.69 Å². The van der Waals surface area contributed by atoms with Gasteiger partial charge in [-0.25, -0.2) is 9.98 Å². The second kappa shape index (κ2) is 9.66. The van der Waals surface area contributed by atoms with Crippen molar-refractivity contribution in [2.45, 2.75) is 33.6 Å². The smallest absolute Gasteiger partial charge is 0.258 e. The number of halogens is 1. The lowest BCUT2D eigenvalue weighted by molar-refractivity contribution is 0.268. The summed E-state index contributed by atoms with van der Waals surface area (Å²) < 4.78 is 11.7. The van der Waals surface area contributed by atoms with E-state index < -0.39 is 0 Å². The van der Waals surface area contributed by atoms with Crippen LogP contribution in [0.25, 0.3) is 0 Å². The van der Waals surface area contributed by atoms with Crippen LogP contribution in [-0.4, -0.2) is 43.5 Å². The minimum atomic E-state index is 0.501. The number of aliphatic imine (C=N–C) groups is 1. The molecule has 0 N–H and O–H groups in total. The van der Waals surface area contributed by atoms with E-state index in [-0.39, 0.29) is 0 Å².